The van der Waals surface area contributed by atoms with Crippen LogP contribution in [-0.4, -0.2) is 28.1 Å². The fourth-order valence-corrected chi connectivity index (χ4v) is 7.55. The van der Waals surface area contributed by atoms with Crippen molar-refractivity contribution in [2.45, 2.75) is 123 Å². The van der Waals surface area contributed by atoms with Crippen LogP contribution >= 0.6 is 0 Å². The number of allylic oxidation sites excluding steroid dienone is 6. The number of hydrogen-bond donors (Lipinski definition) is 2. The van der Waals surface area contributed by atoms with E-state index < -0.39 is 17.9 Å². The minimum absolute atomic E-state index is 0.174. The molecule has 0 spiro atoms. The zero-order chi connectivity index (χ0) is 25.1. The van der Waals surface area contributed by atoms with E-state index in [0.717, 1.165) is 37.7 Å². The SMILES string of the molecule is C=C1/C(=C\C=C2/CCC[C@@]3(C)C2CC[C@@H]3[C@@](C)(C/C=C\C)CCCC(C)(C)O)C[C@@H](O)C[C@@H]1F. The van der Waals surface area contributed by atoms with Gasteiger partial charge in [0, 0.05) is 6.42 Å². The van der Waals surface area contributed by atoms with Crippen LogP contribution < -0.4 is 0 Å². The number of rotatable bonds is 8. The van der Waals surface area contributed by atoms with Crippen LogP contribution in [0.3, 0.4) is 0 Å². The summed E-state index contributed by atoms with van der Waals surface area (Å²) in [5, 5.41) is 20.3. The van der Waals surface area contributed by atoms with Crippen LogP contribution in [0.25, 0.3) is 0 Å². The van der Waals surface area contributed by atoms with E-state index >= 15 is 0 Å². The van der Waals surface area contributed by atoms with Crippen molar-refractivity contribution in [1.82, 2.24) is 0 Å². The summed E-state index contributed by atoms with van der Waals surface area (Å²) in [6.45, 7) is 14.9. The molecule has 6 atom stereocenters. The molecule has 0 aliphatic heterocycles. The van der Waals surface area contributed by atoms with Gasteiger partial charge in [0.15, 0.2) is 0 Å². The summed E-state index contributed by atoms with van der Waals surface area (Å²) in [6.07, 6.45) is 18.0. The lowest BCUT2D eigenvalue weighted by Crippen LogP contribution is -2.41. The van der Waals surface area contributed by atoms with Gasteiger partial charge in [-0.05, 0) is 112 Å². The van der Waals surface area contributed by atoms with E-state index in [0.29, 0.717) is 23.8 Å². The molecule has 0 radical (unpaired) electrons. The molecule has 3 aliphatic rings. The molecule has 0 amide bonds. The molecule has 34 heavy (non-hydrogen) atoms. The second-order valence-corrected chi connectivity index (χ2v) is 12.7. The summed E-state index contributed by atoms with van der Waals surface area (Å²) < 4.78 is 14.2. The van der Waals surface area contributed by atoms with Crippen molar-refractivity contribution in [3.8, 4) is 0 Å². The molecule has 3 fully saturated rings. The molecule has 0 saturated heterocycles. The van der Waals surface area contributed by atoms with Gasteiger partial charge in [0.2, 0.25) is 0 Å². The molecule has 3 heteroatoms. The predicted octanol–water partition coefficient (Wildman–Crippen LogP) is 8.02. The quantitative estimate of drug-likeness (QED) is 0.351. The Morgan fingerprint density at radius 1 is 1.18 bits per heavy atom. The number of aliphatic hydroxyl groups is 2. The highest BCUT2D eigenvalue weighted by atomic mass is 19.1. The van der Waals surface area contributed by atoms with Crippen molar-refractivity contribution in [2.75, 3.05) is 0 Å². The van der Waals surface area contributed by atoms with Crippen molar-refractivity contribution in [3.05, 3.63) is 47.6 Å². The molecular weight excluding hydrogens is 423 g/mol. The maximum absolute atomic E-state index is 14.2. The van der Waals surface area contributed by atoms with Crippen molar-refractivity contribution < 1.29 is 14.6 Å². The van der Waals surface area contributed by atoms with Crippen molar-refractivity contribution in [2.24, 2.45) is 22.7 Å². The Morgan fingerprint density at radius 3 is 2.59 bits per heavy atom. The van der Waals surface area contributed by atoms with E-state index in [9.17, 15) is 14.6 Å². The largest absolute Gasteiger partial charge is 0.393 e. The first-order valence-electron chi connectivity index (χ1n) is 13.6. The maximum atomic E-state index is 14.2. The van der Waals surface area contributed by atoms with E-state index in [1.54, 1.807) is 0 Å². The highest BCUT2D eigenvalue weighted by molar-refractivity contribution is 5.39. The zero-order valence-electron chi connectivity index (χ0n) is 22.4. The minimum atomic E-state index is -1.13. The number of halogens is 1. The molecule has 2 N–H and O–H groups in total. The normalized spacial score (nSPS) is 36.9. The Morgan fingerprint density at radius 2 is 1.91 bits per heavy atom. The predicted molar refractivity (Wildman–Crippen MR) is 141 cm³/mol. The lowest BCUT2D eigenvalue weighted by atomic mass is 9.55. The molecule has 3 rings (SSSR count). The van der Waals surface area contributed by atoms with Crippen LogP contribution in [0.15, 0.2) is 47.6 Å². The lowest BCUT2D eigenvalue weighted by molar-refractivity contribution is 0.0194. The summed E-state index contributed by atoms with van der Waals surface area (Å²) in [5.41, 5.74) is 2.84. The third-order valence-corrected chi connectivity index (χ3v) is 9.39. The van der Waals surface area contributed by atoms with Gasteiger partial charge in [-0.3, -0.25) is 0 Å². The van der Waals surface area contributed by atoms with Gasteiger partial charge < -0.3 is 10.2 Å². The third-order valence-electron chi connectivity index (χ3n) is 9.39. The molecule has 2 nitrogen and oxygen atoms in total. The van der Waals surface area contributed by atoms with Crippen LogP contribution in [0.4, 0.5) is 4.39 Å². The molecule has 3 saturated carbocycles. The molecule has 0 bridgehead atoms. The van der Waals surface area contributed by atoms with Gasteiger partial charge in [0.05, 0.1) is 11.7 Å². The van der Waals surface area contributed by atoms with Gasteiger partial charge in [-0.1, -0.05) is 56.7 Å². The summed E-state index contributed by atoms with van der Waals surface area (Å²) >= 11 is 0. The van der Waals surface area contributed by atoms with Crippen molar-refractivity contribution in [1.29, 1.82) is 0 Å². The van der Waals surface area contributed by atoms with Crippen molar-refractivity contribution >= 4 is 0 Å². The lowest BCUT2D eigenvalue weighted by Gasteiger charge is -2.49. The van der Waals surface area contributed by atoms with Crippen LogP contribution in [0.5, 0.6) is 0 Å². The fraction of sp³-hybridized carbons (Fsp3) is 0.742. The average Bonchev–Trinajstić information content (AvgIpc) is 3.11. The molecule has 3 aliphatic carbocycles. The van der Waals surface area contributed by atoms with E-state index in [1.807, 2.05) is 13.8 Å². The van der Waals surface area contributed by atoms with Gasteiger partial charge in [0.25, 0.3) is 0 Å². The van der Waals surface area contributed by atoms with Crippen LogP contribution in [0, 0.1) is 22.7 Å². The monoisotopic (exact) mass is 472 g/mol. The standard InChI is InChI=1S/C31H49FO2/c1-7-8-17-30(5,18-10-16-29(3,4)34)28-15-14-26-23(11-9-19-31(26,28)6)12-13-24-20-25(33)21-27(32)22(24)2/h7-8,12-13,25-28,33-34H,2,9-11,14-21H2,1,3-6H3/b8-7-,23-12+,24-13-/t25-,26?,27+,28-,30+,31+/m1/s1. The highest BCUT2D eigenvalue weighted by Crippen LogP contribution is 2.63. The Kier molecular flexibility index (Phi) is 8.72. The second kappa shape index (κ2) is 10.8. The number of alkyl halides is 1. The average molecular weight is 473 g/mol. The molecule has 192 valence electrons. The first-order chi connectivity index (χ1) is 15.9. The van der Waals surface area contributed by atoms with Gasteiger partial charge in [-0.2, -0.15) is 0 Å². The first-order valence-corrected chi connectivity index (χ1v) is 13.6. The van der Waals surface area contributed by atoms with Gasteiger partial charge in [0.1, 0.15) is 6.17 Å². The summed E-state index contributed by atoms with van der Waals surface area (Å²) in [6, 6.07) is 0. The van der Waals surface area contributed by atoms with E-state index in [2.05, 4.69) is 51.7 Å². The fourth-order valence-electron chi connectivity index (χ4n) is 7.55. The molecule has 0 heterocycles. The first kappa shape index (κ1) is 27.4. The van der Waals surface area contributed by atoms with Crippen LogP contribution in [0.1, 0.15) is 105 Å². The van der Waals surface area contributed by atoms with Crippen LogP contribution in [0.2, 0.25) is 0 Å². The Hall–Kier alpha value is -1.19. The molecule has 1 unspecified atom stereocenters. The molecule has 0 aromatic rings. The van der Waals surface area contributed by atoms with Gasteiger partial charge in [-0.15, -0.1) is 0 Å². The highest BCUT2D eigenvalue weighted by Gasteiger charge is 2.54. The summed E-state index contributed by atoms with van der Waals surface area (Å²) in [4.78, 5) is 0. The Bertz CT molecular complexity index is 816. The van der Waals surface area contributed by atoms with Crippen molar-refractivity contribution in [3.63, 3.8) is 0 Å². The molecule has 0 aromatic carbocycles. The third kappa shape index (κ3) is 6.13. The summed E-state index contributed by atoms with van der Waals surface area (Å²) in [7, 11) is 0. The molecule has 0 aromatic heterocycles. The number of aliphatic hydroxyl groups excluding tert-OH is 1. The van der Waals surface area contributed by atoms with Crippen LogP contribution in [-0.2, 0) is 0 Å². The van der Waals surface area contributed by atoms with E-state index in [-0.39, 0.29) is 17.3 Å². The smallest absolute Gasteiger partial charge is 0.127 e. The summed E-state index contributed by atoms with van der Waals surface area (Å²) in [5.74, 6) is 1.23. The van der Waals surface area contributed by atoms with E-state index in [4.69, 9.17) is 0 Å². The van der Waals surface area contributed by atoms with Gasteiger partial charge in [-0.25, -0.2) is 4.39 Å². The topological polar surface area (TPSA) is 40.5 Å². The van der Waals surface area contributed by atoms with E-state index in [1.165, 1.54) is 31.3 Å². The zero-order valence-corrected chi connectivity index (χ0v) is 22.4. The number of fused-ring (bicyclic) bond motifs is 1. The van der Waals surface area contributed by atoms with Gasteiger partial charge >= 0.3 is 0 Å². The Labute approximate surface area is 208 Å². The molecular formula is C31H49FO2. The number of hydrogen-bond acceptors (Lipinski definition) is 2. The Balaban J connectivity index is 1.83. The second-order valence-electron chi connectivity index (χ2n) is 12.7. The maximum Gasteiger partial charge on any atom is 0.127 e. The minimum Gasteiger partial charge on any atom is -0.393 e.